The molecule has 118 valence electrons. The summed E-state index contributed by atoms with van der Waals surface area (Å²) in [5.41, 5.74) is 1.56. The van der Waals surface area contributed by atoms with Gasteiger partial charge in [-0.2, -0.15) is 0 Å². The standard InChI is InChI=1S/C19H24O3/c1-3-5-6-10-13-16-14-17(19(20)21-4-2)18(22-16)15-11-8-7-9-12-15/h7-13,16H,3-6,14H2,1-2H3/b13-10+. The molecule has 0 radical (unpaired) electrons. The second-order valence-corrected chi connectivity index (χ2v) is 5.32. The lowest BCUT2D eigenvalue weighted by atomic mass is 10.1. The second-order valence-electron chi connectivity index (χ2n) is 5.32. The number of esters is 1. The lowest BCUT2D eigenvalue weighted by Gasteiger charge is -2.09. The van der Waals surface area contributed by atoms with Gasteiger partial charge in [-0.3, -0.25) is 0 Å². The minimum atomic E-state index is -0.272. The van der Waals surface area contributed by atoms with Crippen molar-refractivity contribution >= 4 is 11.7 Å². The summed E-state index contributed by atoms with van der Waals surface area (Å²) in [6, 6.07) is 9.75. The topological polar surface area (TPSA) is 35.5 Å². The monoisotopic (exact) mass is 300 g/mol. The van der Waals surface area contributed by atoms with Crippen LogP contribution in [0.2, 0.25) is 0 Å². The Hall–Kier alpha value is -2.03. The summed E-state index contributed by atoms with van der Waals surface area (Å²) in [6.07, 6.45) is 8.10. The minimum absolute atomic E-state index is 0.0773. The highest BCUT2D eigenvalue weighted by atomic mass is 16.5. The van der Waals surface area contributed by atoms with Crippen molar-refractivity contribution in [3.63, 3.8) is 0 Å². The highest BCUT2D eigenvalue weighted by Crippen LogP contribution is 2.33. The number of ether oxygens (including phenoxy) is 2. The van der Waals surface area contributed by atoms with Crippen molar-refractivity contribution in [2.45, 2.75) is 45.6 Å². The van der Waals surface area contributed by atoms with Crippen molar-refractivity contribution in [2.75, 3.05) is 6.61 Å². The van der Waals surface area contributed by atoms with Crippen LogP contribution in [0.3, 0.4) is 0 Å². The van der Waals surface area contributed by atoms with Gasteiger partial charge in [0.25, 0.3) is 0 Å². The smallest absolute Gasteiger partial charge is 0.337 e. The summed E-state index contributed by atoms with van der Waals surface area (Å²) in [7, 11) is 0. The van der Waals surface area contributed by atoms with E-state index >= 15 is 0 Å². The number of unbranched alkanes of at least 4 members (excludes halogenated alkanes) is 2. The number of hydrogen-bond acceptors (Lipinski definition) is 3. The number of carbonyl (C=O) groups is 1. The zero-order chi connectivity index (χ0) is 15.8. The first-order valence-corrected chi connectivity index (χ1v) is 8.05. The van der Waals surface area contributed by atoms with Crippen molar-refractivity contribution in [1.82, 2.24) is 0 Å². The van der Waals surface area contributed by atoms with E-state index in [0.29, 0.717) is 24.4 Å². The number of benzene rings is 1. The van der Waals surface area contributed by atoms with Gasteiger partial charge in [0.15, 0.2) is 0 Å². The fourth-order valence-electron chi connectivity index (χ4n) is 2.46. The molecule has 3 heteroatoms. The summed E-state index contributed by atoms with van der Waals surface area (Å²) in [6.45, 7) is 4.37. The summed E-state index contributed by atoms with van der Waals surface area (Å²) in [5, 5.41) is 0. The van der Waals surface area contributed by atoms with E-state index in [1.54, 1.807) is 0 Å². The highest BCUT2D eigenvalue weighted by molar-refractivity contribution is 5.97. The summed E-state index contributed by atoms with van der Waals surface area (Å²) < 4.78 is 11.2. The summed E-state index contributed by atoms with van der Waals surface area (Å²) >= 11 is 0. The van der Waals surface area contributed by atoms with Crippen molar-refractivity contribution in [3.05, 3.63) is 53.6 Å². The molecule has 1 aliphatic heterocycles. The third kappa shape index (κ3) is 4.23. The average molecular weight is 300 g/mol. The lowest BCUT2D eigenvalue weighted by Crippen LogP contribution is -2.09. The van der Waals surface area contributed by atoms with Gasteiger partial charge in [0, 0.05) is 12.0 Å². The van der Waals surface area contributed by atoms with Crippen LogP contribution in [0.15, 0.2) is 48.1 Å². The van der Waals surface area contributed by atoms with E-state index in [1.807, 2.05) is 37.3 Å². The fraction of sp³-hybridized carbons (Fsp3) is 0.421. The van der Waals surface area contributed by atoms with Crippen LogP contribution in [-0.2, 0) is 14.3 Å². The molecule has 0 bridgehead atoms. The maximum Gasteiger partial charge on any atom is 0.337 e. The van der Waals surface area contributed by atoms with Crippen molar-refractivity contribution in [3.8, 4) is 0 Å². The molecule has 0 amide bonds. The van der Waals surface area contributed by atoms with Crippen LogP contribution in [0.4, 0.5) is 0 Å². The van der Waals surface area contributed by atoms with Crippen molar-refractivity contribution < 1.29 is 14.3 Å². The lowest BCUT2D eigenvalue weighted by molar-refractivity contribution is -0.138. The van der Waals surface area contributed by atoms with E-state index in [1.165, 1.54) is 12.8 Å². The molecule has 1 heterocycles. The average Bonchev–Trinajstić information content (AvgIpc) is 2.97. The zero-order valence-corrected chi connectivity index (χ0v) is 13.4. The van der Waals surface area contributed by atoms with E-state index in [0.717, 1.165) is 12.0 Å². The molecule has 1 aromatic carbocycles. The van der Waals surface area contributed by atoms with Crippen LogP contribution in [0.5, 0.6) is 0 Å². The van der Waals surface area contributed by atoms with Crippen LogP contribution < -0.4 is 0 Å². The molecule has 0 spiro atoms. The molecule has 2 rings (SSSR count). The zero-order valence-electron chi connectivity index (χ0n) is 13.4. The van der Waals surface area contributed by atoms with Crippen LogP contribution in [0, 0.1) is 0 Å². The van der Waals surface area contributed by atoms with Gasteiger partial charge in [0.1, 0.15) is 11.9 Å². The number of rotatable bonds is 7. The number of carbonyl (C=O) groups excluding carboxylic acids is 1. The third-order valence-corrected chi connectivity index (χ3v) is 3.58. The Morgan fingerprint density at radius 3 is 2.77 bits per heavy atom. The first kappa shape index (κ1) is 16.3. The molecule has 0 aromatic heterocycles. The molecule has 0 saturated carbocycles. The maximum absolute atomic E-state index is 12.2. The molecule has 0 aliphatic carbocycles. The van der Waals surface area contributed by atoms with Crippen molar-refractivity contribution in [2.24, 2.45) is 0 Å². The van der Waals surface area contributed by atoms with Crippen LogP contribution in [0.25, 0.3) is 5.76 Å². The van der Waals surface area contributed by atoms with E-state index in [9.17, 15) is 4.79 Å². The molecule has 3 nitrogen and oxygen atoms in total. The molecule has 0 fully saturated rings. The Morgan fingerprint density at radius 2 is 2.09 bits per heavy atom. The Balaban J connectivity index is 2.14. The van der Waals surface area contributed by atoms with E-state index in [-0.39, 0.29) is 12.1 Å². The molecule has 0 saturated heterocycles. The molecule has 1 aliphatic rings. The summed E-state index contributed by atoms with van der Waals surface area (Å²) in [4.78, 5) is 12.2. The number of hydrogen-bond donors (Lipinski definition) is 0. The SMILES string of the molecule is CCCC/C=C/C1CC(C(=O)OCC)=C(c2ccccc2)O1. The van der Waals surface area contributed by atoms with Crippen LogP contribution in [0.1, 0.15) is 45.1 Å². The van der Waals surface area contributed by atoms with Gasteiger partial charge < -0.3 is 9.47 Å². The van der Waals surface area contributed by atoms with E-state index in [4.69, 9.17) is 9.47 Å². The van der Waals surface area contributed by atoms with Crippen molar-refractivity contribution in [1.29, 1.82) is 0 Å². The van der Waals surface area contributed by atoms with Gasteiger partial charge in [0.05, 0.1) is 12.2 Å². The molecular formula is C19H24O3. The minimum Gasteiger partial charge on any atom is -0.485 e. The van der Waals surface area contributed by atoms with E-state index in [2.05, 4.69) is 19.1 Å². The van der Waals surface area contributed by atoms with Gasteiger partial charge >= 0.3 is 5.97 Å². The normalized spacial score (nSPS) is 17.8. The molecule has 1 atom stereocenters. The fourth-order valence-corrected chi connectivity index (χ4v) is 2.46. The number of allylic oxidation sites excluding steroid dienone is 1. The highest BCUT2D eigenvalue weighted by Gasteiger charge is 2.30. The predicted molar refractivity (Wildman–Crippen MR) is 88.2 cm³/mol. The Kier molecular flexibility index (Phi) is 6.26. The summed E-state index contributed by atoms with van der Waals surface area (Å²) in [5.74, 6) is 0.384. The quantitative estimate of drug-likeness (QED) is 0.422. The molecule has 0 N–H and O–H groups in total. The maximum atomic E-state index is 12.2. The molecular weight excluding hydrogens is 276 g/mol. The first-order valence-electron chi connectivity index (χ1n) is 8.05. The Labute approximate surface area is 132 Å². The predicted octanol–water partition coefficient (Wildman–Crippen LogP) is 4.50. The Morgan fingerprint density at radius 1 is 1.32 bits per heavy atom. The molecule has 1 unspecified atom stereocenters. The third-order valence-electron chi connectivity index (χ3n) is 3.58. The van der Waals surface area contributed by atoms with Gasteiger partial charge in [-0.1, -0.05) is 56.2 Å². The first-order chi connectivity index (χ1) is 10.8. The van der Waals surface area contributed by atoms with Gasteiger partial charge in [-0.15, -0.1) is 0 Å². The van der Waals surface area contributed by atoms with Crippen LogP contribution >= 0.6 is 0 Å². The van der Waals surface area contributed by atoms with Gasteiger partial charge in [0.2, 0.25) is 0 Å². The molecule has 22 heavy (non-hydrogen) atoms. The van der Waals surface area contributed by atoms with Crippen LogP contribution in [-0.4, -0.2) is 18.7 Å². The van der Waals surface area contributed by atoms with Gasteiger partial charge in [-0.25, -0.2) is 4.79 Å². The Bertz CT molecular complexity index is 543. The van der Waals surface area contributed by atoms with E-state index < -0.39 is 0 Å². The largest absolute Gasteiger partial charge is 0.485 e. The molecule has 1 aromatic rings. The second kappa shape index (κ2) is 8.42. The van der Waals surface area contributed by atoms with Gasteiger partial charge in [-0.05, 0) is 19.4 Å².